The highest BCUT2D eigenvalue weighted by Crippen LogP contribution is 2.23. The fourth-order valence-corrected chi connectivity index (χ4v) is 4.84. The van der Waals surface area contributed by atoms with Gasteiger partial charge in [0.1, 0.15) is 18.8 Å². The highest BCUT2D eigenvalue weighted by Gasteiger charge is 2.20. The van der Waals surface area contributed by atoms with E-state index in [4.69, 9.17) is 4.98 Å². The first-order valence-electron chi connectivity index (χ1n) is 9.24. The number of aromatic nitrogens is 2. The number of fused-ring (bicyclic) bond motifs is 2. The molecule has 5 heteroatoms. The minimum absolute atomic E-state index is 0.00640. The molecule has 0 amide bonds. The van der Waals surface area contributed by atoms with Crippen molar-refractivity contribution in [2.45, 2.75) is 19.5 Å². The van der Waals surface area contributed by atoms with Gasteiger partial charge in [-0.05, 0) is 11.1 Å². The summed E-state index contributed by atoms with van der Waals surface area (Å²) in [6, 6.07) is 20.4. The first-order chi connectivity index (χ1) is 13.3. The van der Waals surface area contributed by atoms with E-state index in [-0.39, 0.29) is 5.56 Å². The predicted molar refractivity (Wildman–Crippen MR) is 108 cm³/mol. The molecule has 2 aromatic heterocycles. The second-order valence-electron chi connectivity index (χ2n) is 7.06. The Bertz CT molecular complexity index is 1160. The number of nitrogens with one attached hydrogen (secondary N) is 1. The number of hydrogen-bond acceptors (Lipinski definition) is 3. The molecule has 0 saturated carbocycles. The molecule has 0 spiro atoms. The van der Waals surface area contributed by atoms with Gasteiger partial charge in [-0.1, -0.05) is 54.6 Å². The second kappa shape index (κ2) is 6.76. The lowest BCUT2D eigenvalue weighted by atomic mass is 10.00. The fraction of sp³-hybridized carbons (Fsp3) is 0.182. The molecule has 1 unspecified atom stereocenters. The number of quaternary nitrogens is 1. The highest BCUT2D eigenvalue weighted by atomic mass is 32.1. The third-order valence-corrected chi connectivity index (χ3v) is 6.09. The molecule has 1 aliphatic rings. The van der Waals surface area contributed by atoms with E-state index < -0.39 is 0 Å². The topological polar surface area (TPSA) is 38.8 Å². The molecule has 0 saturated heterocycles. The average molecular weight is 374 g/mol. The molecule has 134 valence electrons. The van der Waals surface area contributed by atoms with Crippen LogP contribution in [-0.2, 0) is 19.5 Å². The average Bonchev–Trinajstić information content (AvgIpc) is 3.13. The number of benzene rings is 2. The van der Waals surface area contributed by atoms with E-state index in [0.717, 1.165) is 48.0 Å². The summed E-state index contributed by atoms with van der Waals surface area (Å²) in [4.78, 5) is 19.8. The van der Waals surface area contributed by atoms with E-state index in [2.05, 4.69) is 24.3 Å². The van der Waals surface area contributed by atoms with E-state index in [0.29, 0.717) is 0 Å². The van der Waals surface area contributed by atoms with Crippen LogP contribution in [0.1, 0.15) is 16.8 Å². The normalized spacial score (nSPS) is 16.4. The van der Waals surface area contributed by atoms with E-state index in [1.807, 2.05) is 35.7 Å². The van der Waals surface area contributed by atoms with Gasteiger partial charge in [0.2, 0.25) is 0 Å². The van der Waals surface area contributed by atoms with Crippen LogP contribution in [0.3, 0.4) is 0 Å². The third kappa shape index (κ3) is 3.09. The molecule has 5 rings (SSSR count). The third-order valence-electron chi connectivity index (χ3n) is 5.27. The predicted octanol–water partition coefficient (Wildman–Crippen LogP) is 2.56. The van der Waals surface area contributed by atoms with Gasteiger partial charge in [-0.2, -0.15) is 0 Å². The van der Waals surface area contributed by atoms with Gasteiger partial charge in [0.25, 0.3) is 5.56 Å². The van der Waals surface area contributed by atoms with Crippen molar-refractivity contribution in [2.24, 2.45) is 0 Å². The summed E-state index contributed by atoms with van der Waals surface area (Å²) in [5.74, 6) is 0. The van der Waals surface area contributed by atoms with Crippen LogP contribution in [0.15, 0.2) is 70.8 Å². The van der Waals surface area contributed by atoms with Crippen LogP contribution in [-0.4, -0.2) is 15.9 Å². The van der Waals surface area contributed by atoms with Crippen LogP contribution in [0.25, 0.3) is 16.2 Å². The molecule has 0 aliphatic carbocycles. The Labute approximate surface area is 161 Å². The monoisotopic (exact) mass is 374 g/mol. The van der Waals surface area contributed by atoms with Gasteiger partial charge in [-0.3, -0.25) is 9.20 Å². The number of rotatable bonds is 3. The molecule has 1 aliphatic heterocycles. The molecule has 4 aromatic rings. The molecule has 0 fully saturated rings. The smallest absolute Gasteiger partial charge is 0.259 e. The Balaban J connectivity index is 1.45. The molecule has 1 atom stereocenters. The molecule has 4 nitrogen and oxygen atoms in total. The zero-order valence-electron chi connectivity index (χ0n) is 14.9. The molecule has 3 heterocycles. The van der Waals surface area contributed by atoms with E-state index in [9.17, 15) is 4.79 Å². The zero-order chi connectivity index (χ0) is 18.2. The maximum Gasteiger partial charge on any atom is 0.259 e. The Morgan fingerprint density at radius 3 is 2.67 bits per heavy atom. The van der Waals surface area contributed by atoms with Crippen molar-refractivity contribution in [3.8, 4) is 11.3 Å². The highest BCUT2D eigenvalue weighted by molar-refractivity contribution is 7.15. The van der Waals surface area contributed by atoms with Crippen molar-refractivity contribution < 1.29 is 4.90 Å². The Morgan fingerprint density at radius 2 is 1.81 bits per heavy atom. The summed E-state index contributed by atoms with van der Waals surface area (Å²) in [6.07, 6.45) is 1.09. The van der Waals surface area contributed by atoms with E-state index in [1.54, 1.807) is 10.5 Å². The van der Waals surface area contributed by atoms with Gasteiger partial charge < -0.3 is 4.90 Å². The Morgan fingerprint density at radius 1 is 1.04 bits per heavy atom. The summed E-state index contributed by atoms with van der Waals surface area (Å²) in [5.41, 5.74) is 5.72. The Kier molecular flexibility index (Phi) is 4.11. The lowest BCUT2D eigenvalue weighted by molar-refractivity contribution is -0.929. The summed E-state index contributed by atoms with van der Waals surface area (Å²) in [7, 11) is 0. The first kappa shape index (κ1) is 16.4. The van der Waals surface area contributed by atoms with Gasteiger partial charge in [0.05, 0.1) is 12.2 Å². The second-order valence-corrected chi connectivity index (χ2v) is 7.90. The number of thiazole rings is 1. The molecule has 0 radical (unpaired) electrons. The van der Waals surface area contributed by atoms with Crippen LogP contribution in [0.4, 0.5) is 0 Å². The summed E-state index contributed by atoms with van der Waals surface area (Å²) < 4.78 is 1.73. The van der Waals surface area contributed by atoms with Gasteiger partial charge in [-0.25, -0.2) is 4.98 Å². The van der Waals surface area contributed by atoms with Crippen LogP contribution in [0, 0.1) is 0 Å². The lowest BCUT2D eigenvalue weighted by Crippen LogP contribution is -3.10. The first-order valence-corrected chi connectivity index (χ1v) is 10.1. The molecule has 1 N–H and O–H groups in total. The Hall–Kier alpha value is -2.76. The molecule has 0 bridgehead atoms. The molecular weight excluding hydrogens is 354 g/mol. The van der Waals surface area contributed by atoms with Crippen molar-refractivity contribution in [1.29, 1.82) is 0 Å². The van der Waals surface area contributed by atoms with Gasteiger partial charge in [0.15, 0.2) is 4.96 Å². The number of nitrogens with zero attached hydrogens (tertiary/aromatic N) is 2. The minimum atomic E-state index is 0.00640. The maximum absolute atomic E-state index is 12.8. The SMILES string of the molecule is O=c1cc(C[NH+]2CCc3ccccc3C2)nc2scc(-c3ccccc3)n12. The minimum Gasteiger partial charge on any atom is -0.326 e. The van der Waals surface area contributed by atoms with Crippen LogP contribution in [0.5, 0.6) is 0 Å². The lowest BCUT2D eigenvalue weighted by Gasteiger charge is -2.25. The molecular formula is C22H20N3OS+. The maximum atomic E-state index is 12.8. The zero-order valence-corrected chi connectivity index (χ0v) is 15.7. The van der Waals surface area contributed by atoms with Crippen molar-refractivity contribution in [3.05, 3.63) is 93.2 Å². The van der Waals surface area contributed by atoms with Crippen molar-refractivity contribution in [2.75, 3.05) is 6.54 Å². The van der Waals surface area contributed by atoms with Gasteiger partial charge >= 0.3 is 0 Å². The van der Waals surface area contributed by atoms with E-state index in [1.165, 1.54) is 27.4 Å². The van der Waals surface area contributed by atoms with Crippen LogP contribution >= 0.6 is 11.3 Å². The van der Waals surface area contributed by atoms with E-state index >= 15 is 0 Å². The quantitative estimate of drug-likeness (QED) is 0.599. The fourth-order valence-electron chi connectivity index (χ4n) is 3.92. The largest absolute Gasteiger partial charge is 0.326 e. The van der Waals surface area contributed by atoms with Crippen LogP contribution < -0.4 is 10.5 Å². The molecule has 27 heavy (non-hydrogen) atoms. The van der Waals surface area contributed by atoms with Crippen molar-refractivity contribution in [3.63, 3.8) is 0 Å². The van der Waals surface area contributed by atoms with Crippen molar-refractivity contribution in [1.82, 2.24) is 9.38 Å². The summed E-state index contributed by atoms with van der Waals surface area (Å²) >= 11 is 1.53. The standard InChI is InChI=1S/C22H19N3OS/c26-21-12-19(14-24-11-10-16-6-4-5-9-18(16)13-24)23-22-25(21)20(15-27-22)17-7-2-1-3-8-17/h1-9,12,15H,10-11,13-14H2/p+1. The van der Waals surface area contributed by atoms with Crippen molar-refractivity contribution >= 4 is 16.3 Å². The van der Waals surface area contributed by atoms with Gasteiger partial charge in [0, 0.05) is 23.4 Å². The summed E-state index contributed by atoms with van der Waals surface area (Å²) in [5, 5.41) is 2.02. The number of hydrogen-bond donors (Lipinski definition) is 1. The van der Waals surface area contributed by atoms with Gasteiger partial charge in [-0.15, -0.1) is 11.3 Å². The van der Waals surface area contributed by atoms with Crippen LogP contribution in [0.2, 0.25) is 0 Å². The molecule has 2 aromatic carbocycles. The summed E-state index contributed by atoms with van der Waals surface area (Å²) in [6.45, 7) is 2.87.